The fourth-order valence-electron chi connectivity index (χ4n) is 0.733. The predicted molar refractivity (Wildman–Crippen MR) is 44.9 cm³/mol. The molecule has 1 rings (SSSR count). The smallest absolute Gasteiger partial charge is 0.170 e. The molecule has 0 bridgehead atoms. The maximum Gasteiger partial charge on any atom is 0.170 e. The summed E-state index contributed by atoms with van der Waals surface area (Å²) in [6.07, 6.45) is 3.90. The van der Waals surface area contributed by atoms with Crippen LogP contribution in [0.2, 0.25) is 0 Å². The quantitative estimate of drug-likeness (QED) is 0.472. The summed E-state index contributed by atoms with van der Waals surface area (Å²) in [5.41, 5.74) is 6.29. The molecule has 1 aromatic heterocycles. The highest BCUT2D eigenvalue weighted by Gasteiger charge is 1.94. The zero-order valence-corrected chi connectivity index (χ0v) is 6.59. The van der Waals surface area contributed by atoms with Crippen LogP contribution in [0.3, 0.4) is 0 Å². The van der Waals surface area contributed by atoms with Crippen LogP contribution >= 0.6 is 12.6 Å². The highest BCUT2D eigenvalue weighted by atomic mass is 32.1. The van der Waals surface area contributed by atoms with Gasteiger partial charge in [0, 0.05) is 23.6 Å². The number of aromatic nitrogens is 1. The van der Waals surface area contributed by atoms with Gasteiger partial charge in [0.05, 0.1) is 0 Å². The minimum Gasteiger partial charge on any atom is -0.398 e. The van der Waals surface area contributed by atoms with Crippen LogP contribution < -0.4 is 10.3 Å². The van der Waals surface area contributed by atoms with Crippen molar-refractivity contribution in [3.05, 3.63) is 24.5 Å². The van der Waals surface area contributed by atoms with Gasteiger partial charge in [-0.05, 0) is 0 Å². The Labute approximate surface area is 66.1 Å². The van der Waals surface area contributed by atoms with Crippen LogP contribution in [0.25, 0.3) is 0 Å². The van der Waals surface area contributed by atoms with Gasteiger partial charge < -0.3 is 5.73 Å². The van der Waals surface area contributed by atoms with Crippen LogP contribution in [0.4, 0.5) is 5.69 Å². The second-order valence-electron chi connectivity index (χ2n) is 2.09. The van der Waals surface area contributed by atoms with Crippen molar-refractivity contribution in [2.24, 2.45) is 0 Å². The van der Waals surface area contributed by atoms with Crippen molar-refractivity contribution >= 4 is 18.3 Å². The molecule has 0 fully saturated rings. The lowest BCUT2D eigenvalue weighted by Gasteiger charge is -1.92. The minimum atomic E-state index is 0.801. The molecule has 2 N–H and O–H groups in total. The molecule has 1 aromatic rings. The van der Waals surface area contributed by atoms with Gasteiger partial charge in [-0.3, -0.25) is 0 Å². The molecule has 0 spiro atoms. The van der Waals surface area contributed by atoms with Crippen LogP contribution in [0.1, 0.15) is 0 Å². The summed E-state index contributed by atoms with van der Waals surface area (Å²) in [4.78, 5) is 0. The van der Waals surface area contributed by atoms with E-state index in [-0.39, 0.29) is 0 Å². The Morgan fingerprint density at radius 3 is 2.50 bits per heavy atom. The van der Waals surface area contributed by atoms with E-state index in [0.29, 0.717) is 0 Å². The first-order valence-corrected chi connectivity index (χ1v) is 3.81. The summed E-state index contributed by atoms with van der Waals surface area (Å²) in [6.45, 7) is 0.934. The number of hydrogen-bond donors (Lipinski definition) is 2. The Hall–Kier alpha value is -0.700. The first-order valence-electron chi connectivity index (χ1n) is 3.18. The fraction of sp³-hybridized carbons (Fsp3) is 0.286. The third kappa shape index (κ3) is 1.92. The molecule has 0 amide bonds. The molecule has 0 saturated carbocycles. The van der Waals surface area contributed by atoms with Gasteiger partial charge in [0.2, 0.25) is 0 Å². The van der Waals surface area contributed by atoms with E-state index in [0.717, 1.165) is 18.0 Å². The second-order valence-corrected chi connectivity index (χ2v) is 2.54. The topological polar surface area (TPSA) is 29.9 Å². The maximum atomic E-state index is 5.49. The summed E-state index contributed by atoms with van der Waals surface area (Å²) in [5, 5.41) is 0. The van der Waals surface area contributed by atoms with Gasteiger partial charge in [0.1, 0.15) is 0 Å². The number of nitrogens with zero attached hydrogens (tertiary/aromatic N) is 1. The minimum absolute atomic E-state index is 0.801. The molecule has 0 unspecified atom stereocenters. The predicted octanol–water partition coefficient (Wildman–Crippen LogP) is 0.486. The van der Waals surface area contributed by atoms with E-state index in [1.54, 1.807) is 0 Å². The van der Waals surface area contributed by atoms with Crippen molar-refractivity contribution < 1.29 is 4.57 Å². The van der Waals surface area contributed by atoms with Gasteiger partial charge in [-0.15, -0.1) is 0 Å². The number of pyridine rings is 1. The van der Waals surface area contributed by atoms with Crippen LogP contribution in [-0.4, -0.2) is 5.75 Å². The van der Waals surface area contributed by atoms with Gasteiger partial charge >= 0.3 is 0 Å². The molecule has 0 atom stereocenters. The Balaban J connectivity index is 2.69. The maximum absolute atomic E-state index is 5.49. The van der Waals surface area contributed by atoms with Crippen molar-refractivity contribution in [3.8, 4) is 0 Å². The standard InChI is InChI=1S/C7H10N2S/c8-7-1-3-9(4-2-7)5-6-10/h1-4,8,10H,5-6H2/p+1. The van der Waals surface area contributed by atoms with Gasteiger partial charge in [0.25, 0.3) is 0 Å². The molecule has 2 nitrogen and oxygen atoms in total. The number of nitrogens with two attached hydrogens (primary N) is 1. The molecule has 1 heterocycles. The lowest BCUT2D eigenvalue weighted by molar-refractivity contribution is -0.692. The molecular formula is C7H11N2S+. The van der Waals surface area contributed by atoms with E-state index in [9.17, 15) is 0 Å². The van der Waals surface area contributed by atoms with E-state index in [2.05, 4.69) is 12.6 Å². The van der Waals surface area contributed by atoms with E-state index in [1.807, 2.05) is 29.1 Å². The average molecular weight is 155 g/mol. The molecule has 0 aliphatic carbocycles. The molecule has 0 aliphatic heterocycles. The van der Waals surface area contributed by atoms with Gasteiger partial charge in [-0.2, -0.15) is 12.6 Å². The van der Waals surface area contributed by atoms with Crippen molar-refractivity contribution in [2.75, 3.05) is 11.5 Å². The highest BCUT2D eigenvalue weighted by molar-refractivity contribution is 7.80. The van der Waals surface area contributed by atoms with E-state index in [4.69, 9.17) is 5.73 Å². The Kier molecular flexibility index (Phi) is 2.57. The molecule has 0 aliphatic rings. The first-order chi connectivity index (χ1) is 4.83. The normalized spacial score (nSPS) is 9.70. The lowest BCUT2D eigenvalue weighted by Crippen LogP contribution is -2.33. The Bertz CT molecular complexity index is 195. The fourth-order valence-corrected chi connectivity index (χ4v) is 0.964. The summed E-state index contributed by atoms with van der Waals surface area (Å²) in [7, 11) is 0. The second kappa shape index (κ2) is 3.46. The lowest BCUT2D eigenvalue weighted by atomic mass is 10.4. The third-order valence-electron chi connectivity index (χ3n) is 1.28. The molecule has 54 valence electrons. The molecule has 3 heteroatoms. The summed E-state index contributed by atoms with van der Waals surface area (Å²) >= 11 is 4.11. The molecule has 0 radical (unpaired) electrons. The van der Waals surface area contributed by atoms with Crippen molar-refractivity contribution in [3.63, 3.8) is 0 Å². The van der Waals surface area contributed by atoms with Crippen LogP contribution in [0.15, 0.2) is 24.5 Å². The van der Waals surface area contributed by atoms with Crippen LogP contribution in [0.5, 0.6) is 0 Å². The van der Waals surface area contributed by atoms with Crippen molar-refractivity contribution in [1.29, 1.82) is 0 Å². The summed E-state index contributed by atoms with van der Waals surface area (Å²) in [5.74, 6) is 0.856. The largest absolute Gasteiger partial charge is 0.398 e. The number of thiol groups is 1. The number of nitrogen functional groups attached to an aromatic ring is 1. The van der Waals surface area contributed by atoms with Crippen LogP contribution in [0, 0.1) is 0 Å². The summed E-state index contributed by atoms with van der Waals surface area (Å²) < 4.78 is 2.04. The van der Waals surface area contributed by atoms with E-state index >= 15 is 0 Å². The number of aryl methyl sites for hydroxylation is 1. The monoisotopic (exact) mass is 155 g/mol. The Morgan fingerprint density at radius 1 is 1.40 bits per heavy atom. The van der Waals surface area contributed by atoms with Crippen molar-refractivity contribution in [1.82, 2.24) is 0 Å². The molecule has 0 saturated heterocycles. The molecule has 10 heavy (non-hydrogen) atoms. The third-order valence-corrected chi connectivity index (χ3v) is 1.48. The van der Waals surface area contributed by atoms with Gasteiger partial charge in [-0.1, -0.05) is 0 Å². The first kappa shape index (κ1) is 7.41. The SMILES string of the molecule is Nc1cc[n+](CCS)cc1. The number of anilines is 1. The zero-order valence-electron chi connectivity index (χ0n) is 5.70. The average Bonchev–Trinajstić information content (AvgIpc) is 1.95. The highest BCUT2D eigenvalue weighted by Crippen LogP contribution is 1.93. The zero-order chi connectivity index (χ0) is 7.40. The summed E-state index contributed by atoms with van der Waals surface area (Å²) in [6, 6.07) is 3.76. The van der Waals surface area contributed by atoms with E-state index in [1.165, 1.54) is 0 Å². The van der Waals surface area contributed by atoms with E-state index < -0.39 is 0 Å². The molecule has 0 aromatic carbocycles. The number of hydrogen-bond acceptors (Lipinski definition) is 2. The van der Waals surface area contributed by atoms with Crippen LogP contribution in [-0.2, 0) is 6.54 Å². The van der Waals surface area contributed by atoms with Gasteiger partial charge in [-0.25, -0.2) is 4.57 Å². The van der Waals surface area contributed by atoms with Gasteiger partial charge in [0.15, 0.2) is 18.9 Å². The molecular weight excluding hydrogens is 144 g/mol. The number of rotatable bonds is 2. The van der Waals surface area contributed by atoms with Crippen molar-refractivity contribution in [2.45, 2.75) is 6.54 Å². The Morgan fingerprint density at radius 2 is 2.00 bits per heavy atom.